The molecular weight excluding hydrogens is 322 g/mol. The highest BCUT2D eigenvalue weighted by Crippen LogP contribution is 2.26. The standard InChI is InChI=1S/C18H27N3O4/c1-12-9-14(13(2)25-12)18(3,23)11-20-17(22)19-10-15(21(4)5)16-7-6-8-24-16/h6-9,15,23H,10-11H2,1-5H3,(H2,19,20,22). The van der Waals surface area contributed by atoms with E-state index in [0.29, 0.717) is 17.9 Å². The summed E-state index contributed by atoms with van der Waals surface area (Å²) in [6.07, 6.45) is 1.61. The molecule has 2 unspecified atom stereocenters. The Kier molecular flexibility index (Phi) is 5.92. The maximum atomic E-state index is 12.1. The van der Waals surface area contributed by atoms with E-state index in [0.717, 1.165) is 11.5 Å². The summed E-state index contributed by atoms with van der Waals surface area (Å²) in [5, 5.41) is 16.1. The Hall–Kier alpha value is -2.25. The average Bonchev–Trinajstić information content (AvgIpc) is 3.15. The van der Waals surface area contributed by atoms with Gasteiger partial charge in [-0.1, -0.05) is 0 Å². The third-order valence-corrected chi connectivity index (χ3v) is 4.17. The second kappa shape index (κ2) is 7.76. The number of rotatable bonds is 7. The molecule has 2 rings (SSSR count). The Morgan fingerprint density at radius 3 is 2.60 bits per heavy atom. The molecule has 2 aromatic heterocycles. The fourth-order valence-corrected chi connectivity index (χ4v) is 2.78. The lowest BCUT2D eigenvalue weighted by molar-refractivity contribution is 0.0578. The maximum Gasteiger partial charge on any atom is 0.314 e. The molecule has 0 fully saturated rings. The fourth-order valence-electron chi connectivity index (χ4n) is 2.78. The van der Waals surface area contributed by atoms with Crippen molar-refractivity contribution in [2.45, 2.75) is 32.4 Å². The number of nitrogens with zero attached hydrogens (tertiary/aromatic N) is 1. The number of carbonyl (C=O) groups is 1. The summed E-state index contributed by atoms with van der Waals surface area (Å²) in [6.45, 7) is 5.73. The molecule has 2 amide bonds. The van der Waals surface area contributed by atoms with Gasteiger partial charge in [0.15, 0.2) is 0 Å². The molecule has 0 aliphatic carbocycles. The first-order valence-corrected chi connectivity index (χ1v) is 8.22. The summed E-state index contributed by atoms with van der Waals surface area (Å²) in [5.74, 6) is 2.15. The van der Waals surface area contributed by atoms with Crippen molar-refractivity contribution >= 4 is 6.03 Å². The SMILES string of the molecule is Cc1cc(C(C)(O)CNC(=O)NCC(c2ccco2)N(C)C)c(C)o1. The van der Waals surface area contributed by atoms with Crippen LogP contribution in [0.4, 0.5) is 4.79 Å². The van der Waals surface area contributed by atoms with Gasteiger partial charge in [-0.05, 0) is 53.1 Å². The van der Waals surface area contributed by atoms with Crippen molar-refractivity contribution in [1.82, 2.24) is 15.5 Å². The predicted molar refractivity (Wildman–Crippen MR) is 94.3 cm³/mol. The van der Waals surface area contributed by atoms with Gasteiger partial charge in [-0.25, -0.2) is 4.79 Å². The van der Waals surface area contributed by atoms with Crippen LogP contribution in [-0.2, 0) is 5.60 Å². The van der Waals surface area contributed by atoms with E-state index < -0.39 is 5.60 Å². The Balaban J connectivity index is 1.88. The van der Waals surface area contributed by atoms with Crippen LogP contribution in [0.15, 0.2) is 33.3 Å². The van der Waals surface area contributed by atoms with Crippen molar-refractivity contribution in [2.75, 3.05) is 27.2 Å². The molecule has 0 radical (unpaired) electrons. The molecule has 0 spiro atoms. The highest BCUT2D eigenvalue weighted by Gasteiger charge is 2.28. The Labute approximate surface area is 148 Å². The zero-order valence-corrected chi connectivity index (χ0v) is 15.4. The molecule has 7 heteroatoms. The third kappa shape index (κ3) is 4.87. The fraction of sp³-hybridized carbons (Fsp3) is 0.500. The first-order chi connectivity index (χ1) is 11.7. The maximum absolute atomic E-state index is 12.1. The van der Waals surface area contributed by atoms with Crippen molar-refractivity contribution in [3.63, 3.8) is 0 Å². The zero-order chi connectivity index (χ0) is 18.6. The number of aryl methyl sites for hydroxylation is 2. The number of aliphatic hydroxyl groups is 1. The summed E-state index contributed by atoms with van der Waals surface area (Å²) in [7, 11) is 3.84. The number of hydrogen-bond acceptors (Lipinski definition) is 5. The van der Waals surface area contributed by atoms with Crippen LogP contribution in [0.3, 0.4) is 0 Å². The second-order valence-electron chi connectivity index (χ2n) is 6.66. The van der Waals surface area contributed by atoms with E-state index in [9.17, 15) is 9.90 Å². The summed E-state index contributed by atoms with van der Waals surface area (Å²) in [6, 6.07) is 5.06. The van der Waals surface area contributed by atoms with Gasteiger partial charge in [0.1, 0.15) is 22.9 Å². The number of hydrogen-bond donors (Lipinski definition) is 3. The normalized spacial score (nSPS) is 15.0. The molecule has 7 nitrogen and oxygen atoms in total. The Morgan fingerprint density at radius 2 is 2.08 bits per heavy atom. The zero-order valence-electron chi connectivity index (χ0n) is 15.4. The molecule has 25 heavy (non-hydrogen) atoms. The van der Waals surface area contributed by atoms with Crippen LogP contribution in [0.5, 0.6) is 0 Å². The Bertz CT molecular complexity index is 689. The van der Waals surface area contributed by atoms with Gasteiger partial charge in [-0.3, -0.25) is 4.90 Å². The molecule has 0 aromatic carbocycles. The summed E-state index contributed by atoms with van der Waals surface area (Å²) < 4.78 is 10.9. The monoisotopic (exact) mass is 349 g/mol. The first-order valence-electron chi connectivity index (χ1n) is 8.22. The lowest BCUT2D eigenvalue weighted by Gasteiger charge is -2.25. The van der Waals surface area contributed by atoms with E-state index >= 15 is 0 Å². The molecule has 138 valence electrons. The van der Waals surface area contributed by atoms with Gasteiger partial charge < -0.3 is 24.6 Å². The average molecular weight is 349 g/mol. The lowest BCUT2D eigenvalue weighted by Crippen LogP contribution is -2.45. The van der Waals surface area contributed by atoms with E-state index in [1.165, 1.54) is 0 Å². The van der Waals surface area contributed by atoms with Gasteiger partial charge in [-0.2, -0.15) is 0 Å². The van der Waals surface area contributed by atoms with E-state index in [1.807, 2.05) is 38.1 Å². The second-order valence-corrected chi connectivity index (χ2v) is 6.66. The molecule has 2 aromatic rings. The van der Waals surface area contributed by atoms with Crippen molar-refractivity contribution in [1.29, 1.82) is 0 Å². The van der Waals surface area contributed by atoms with E-state index in [2.05, 4.69) is 10.6 Å². The number of amides is 2. The van der Waals surface area contributed by atoms with Crippen LogP contribution >= 0.6 is 0 Å². The van der Waals surface area contributed by atoms with Crippen LogP contribution in [0.2, 0.25) is 0 Å². The van der Waals surface area contributed by atoms with Crippen molar-refractivity contribution in [2.24, 2.45) is 0 Å². The molecule has 0 aliphatic heterocycles. The van der Waals surface area contributed by atoms with Crippen molar-refractivity contribution in [3.05, 3.63) is 47.3 Å². The highest BCUT2D eigenvalue weighted by atomic mass is 16.3. The van der Waals surface area contributed by atoms with E-state index in [-0.39, 0.29) is 18.6 Å². The predicted octanol–water partition coefficient (Wildman–Crippen LogP) is 2.30. The number of furan rings is 2. The van der Waals surface area contributed by atoms with Crippen molar-refractivity contribution < 1.29 is 18.7 Å². The topological polar surface area (TPSA) is 90.9 Å². The number of likely N-dealkylation sites (N-methyl/N-ethyl adjacent to an activating group) is 1. The summed E-state index contributed by atoms with van der Waals surface area (Å²) in [4.78, 5) is 14.1. The molecule has 2 heterocycles. The van der Waals surface area contributed by atoms with Crippen LogP contribution in [0.25, 0.3) is 0 Å². The van der Waals surface area contributed by atoms with Crippen LogP contribution in [-0.4, -0.2) is 43.2 Å². The quantitative estimate of drug-likeness (QED) is 0.713. The van der Waals surface area contributed by atoms with Crippen LogP contribution in [0.1, 0.15) is 35.8 Å². The number of urea groups is 1. The largest absolute Gasteiger partial charge is 0.468 e. The van der Waals surface area contributed by atoms with Gasteiger partial charge in [0.05, 0.1) is 18.8 Å². The van der Waals surface area contributed by atoms with E-state index in [4.69, 9.17) is 8.83 Å². The summed E-state index contributed by atoms with van der Waals surface area (Å²) in [5.41, 5.74) is -0.534. The minimum absolute atomic E-state index is 0.0694. The molecule has 0 aliphatic rings. The van der Waals surface area contributed by atoms with Gasteiger partial charge in [-0.15, -0.1) is 0 Å². The van der Waals surface area contributed by atoms with Crippen molar-refractivity contribution in [3.8, 4) is 0 Å². The van der Waals surface area contributed by atoms with Crippen LogP contribution in [0, 0.1) is 13.8 Å². The molecule has 0 saturated heterocycles. The molecule has 0 saturated carbocycles. The van der Waals surface area contributed by atoms with E-state index in [1.54, 1.807) is 26.2 Å². The minimum Gasteiger partial charge on any atom is -0.468 e. The number of carbonyl (C=O) groups excluding carboxylic acids is 1. The summed E-state index contributed by atoms with van der Waals surface area (Å²) >= 11 is 0. The molecule has 3 N–H and O–H groups in total. The number of nitrogens with one attached hydrogen (secondary N) is 2. The lowest BCUT2D eigenvalue weighted by atomic mass is 9.96. The molecule has 2 atom stereocenters. The van der Waals surface area contributed by atoms with Gasteiger partial charge in [0, 0.05) is 12.1 Å². The highest BCUT2D eigenvalue weighted by molar-refractivity contribution is 5.74. The molecular formula is C18H27N3O4. The minimum atomic E-state index is -1.21. The smallest absolute Gasteiger partial charge is 0.314 e. The first kappa shape index (κ1) is 19.1. The van der Waals surface area contributed by atoms with Gasteiger partial charge in [0.25, 0.3) is 0 Å². The van der Waals surface area contributed by atoms with Gasteiger partial charge >= 0.3 is 6.03 Å². The molecule has 0 bridgehead atoms. The Morgan fingerprint density at radius 1 is 1.36 bits per heavy atom. The third-order valence-electron chi connectivity index (χ3n) is 4.17. The van der Waals surface area contributed by atoms with Gasteiger partial charge in [0.2, 0.25) is 0 Å². The van der Waals surface area contributed by atoms with Crippen LogP contribution < -0.4 is 10.6 Å².